The number of nitrogens with zero attached hydrogens (tertiary/aromatic N) is 3. The van der Waals surface area contributed by atoms with E-state index in [4.69, 9.17) is 5.73 Å². The predicted octanol–water partition coefficient (Wildman–Crippen LogP) is 3.08. The molecule has 0 unspecified atom stereocenters. The molecular weight excluding hydrogens is 268 g/mol. The Bertz CT molecular complexity index is 701. The lowest BCUT2D eigenvalue weighted by Gasteiger charge is -2.01. The van der Waals surface area contributed by atoms with E-state index in [1.807, 2.05) is 25.1 Å². The van der Waals surface area contributed by atoms with E-state index in [0.29, 0.717) is 18.1 Å². The Morgan fingerprint density at radius 2 is 1.90 bits per heavy atom. The fraction of sp³-hybridized carbons (Fsp3) is 0.133. The Morgan fingerprint density at radius 3 is 2.65 bits per heavy atom. The van der Waals surface area contributed by atoms with Crippen LogP contribution in [0.2, 0.25) is 0 Å². The molecule has 3 aromatic rings. The van der Waals surface area contributed by atoms with Crippen molar-refractivity contribution in [2.24, 2.45) is 0 Å². The summed E-state index contributed by atoms with van der Waals surface area (Å²) in [6.45, 7) is 1.84. The smallest absolute Gasteiger partial charge is 0.127 e. The maximum absolute atomic E-state index is 5.74. The number of nitrogen functional groups attached to an aromatic ring is 1. The molecule has 5 heteroatoms. The summed E-state index contributed by atoms with van der Waals surface area (Å²) in [5, 5.41) is 3.10. The van der Waals surface area contributed by atoms with Gasteiger partial charge in [0.2, 0.25) is 0 Å². The van der Waals surface area contributed by atoms with E-state index in [2.05, 4.69) is 32.5 Å². The van der Waals surface area contributed by atoms with Crippen LogP contribution in [0.4, 0.5) is 5.82 Å². The first-order chi connectivity index (χ1) is 9.70. The number of aryl methyl sites for hydroxylation is 1. The molecule has 0 saturated carbocycles. The van der Waals surface area contributed by atoms with Crippen LogP contribution >= 0.6 is 11.3 Å². The molecule has 0 bridgehead atoms. The van der Waals surface area contributed by atoms with Crippen molar-refractivity contribution >= 4 is 17.2 Å². The summed E-state index contributed by atoms with van der Waals surface area (Å²) in [6, 6.07) is 12.0. The molecule has 0 atom stereocenters. The number of hydrogen-bond acceptors (Lipinski definition) is 5. The van der Waals surface area contributed by atoms with Crippen LogP contribution in [0.5, 0.6) is 0 Å². The fourth-order valence-corrected chi connectivity index (χ4v) is 2.85. The highest BCUT2D eigenvalue weighted by molar-refractivity contribution is 7.10. The van der Waals surface area contributed by atoms with Crippen LogP contribution in [-0.2, 0) is 6.42 Å². The first kappa shape index (κ1) is 12.7. The molecule has 0 aliphatic heterocycles. The van der Waals surface area contributed by atoms with Crippen molar-refractivity contribution in [3.05, 3.63) is 58.3 Å². The molecular formula is C15H14N4S. The van der Waals surface area contributed by atoms with Crippen molar-refractivity contribution in [1.82, 2.24) is 15.0 Å². The topological polar surface area (TPSA) is 64.7 Å². The van der Waals surface area contributed by atoms with Crippen molar-refractivity contribution in [2.45, 2.75) is 13.3 Å². The largest absolute Gasteiger partial charge is 0.384 e. The summed E-state index contributed by atoms with van der Waals surface area (Å²) in [7, 11) is 0. The van der Waals surface area contributed by atoms with Gasteiger partial charge < -0.3 is 5.73 Å². The zero-order valence-electron chi connectivity index (χ0n) is 11.1. The standard InChI is InChI=1S/C15H14N4S/c1-10-17-12(7-14(16)18-10)8-15-19-13(9-20-15)11-5-3-2-4-6-11/h2-7,9H,8H2,1H3,(H2,16,17,18). The molecule has 100 valence electrons. The van der Waals surface area contributed by atoms with Crippen LogP contribution in [0.3, 0.4) is 0 Å². The molecule has 2 aromatic heterocycles. The van der Waals surface area contributed by atoms with Crippen LogP contribution in [0.25, 0.3) is 11.3 Å². The number of aromatic nitrogens is 3. The van der Waals surface area contributed by atoms with Crippen molar-refractivity contribution in [2.75, 3.05) is 5.73 Å². The minimum absolute atomic E-state index is 0.507. The van der Waals surface area contributed by atoms with Crippen LogP contribution < -0.4 is 5.73 Å². The van der Waals surface area contributed by atoms with E-state index in [1.54, 1.807) is 17.4 Å². The Hall–Kier alpha value is -2.27. The van der Waals surface area contributed by atoms with E-state index in [-0.39, 0.29) is 0 Å². The summed E-state index contributed by atoms with van der Waals surface area (Å²) < 4.78 is 0. The summed E-state index contributed by atoms with van der Waals surface area (Å²) >= 11 is 1.64. The number of benzene rings is 1. The summed E-state index contributed by atoms with van der Waals surface area (Å²) in [5.41, 5.74) is 8.78. The van der Waals surface area contributed by atoms with Gasteiger partial charge in [-0.2, -0.15) is 0 Å². The maximum atomic E-state index is 5.74. The highest BCUT2D eigenvalue weighted by Gasteiger charge is 2.07. The number of hydrogen-bond donors (Lipinski definition) is 1. The lowest BCUT2D eigenvalue weighted by atomic mass is 10.2. The first-order valence-corrected chi connectivity index (χ1v) is 7.18. The monoisotopic (exact) mass is 282 g/mol. The summed E-state index contributed by atoms with van der Waals surface area (Å²) in [4.78, 5) is 13.1. The normalized spacial score (nSPS) is 10.7. The van der Waals surface area contributed by atoms with Crippen LogP contribution in [0.15, 0.2) is 41.8 Å². The molecule has 0 aliphatic carbocycles. The molecule has 2 heterocycles. The molecule has 20 heavy (non-hydrogen) atoms. The Balaban J connectivity index is 1.84. The maximum Gasteiger partial charge on any atom is 0.127 e. The van der Waals surface area contributed by atoms with E-state index < -0.39 is 0 Å². The van der Waals surface area contributed by atoms with E-state index in [1.165, 1.54) is 0 Å². The van der Waals surface area contributed by atoms with Gasteiger partial charge in [-0.25, -0.2) is 15.0 Å². The third-order valence-electron chi connectivity index (χ3n) is 2.86. The fourth-order valence-electron chi connectivity index (χ4n) is 2.03. The number of rotatable bonds is 3. The van der Waals surface area contributed by atoms with E-state index in [0.717, 1.165) is 22.0 Å². The zero-order valence-corrected chi connectivity index (χ0v) is 11.9. The van der Waals surface area contributed by atoms with Gasteiger partial charge in [0.15, 0.2) is 0 Å². The Labute approximate surface area is 121 Å². The zero-order chi connectivity index (χ0) is 13.9. The van der Waals surface area contributed by atoms with Gasteiger partial charge in [-0.1, -0.05) is 30.3 Å². The molecule has 4 nitrogen and oxygen atoms in total. The van der Waals surface area contributed by atoms with Crippen molar-refractivity contribution in [3.8, 4) is 11.3 Å². The predicted molar refractivity (Wildman–Crippen MR) is 81.5 cm³/mol. The van der Waals surface area contributed by atoms with Gasteiger partial charge in [0.1, 0.15) is 11.6 Å². The number of nitrogens with two attached hydrogens (primary N) is 1. The second-order valence-electron chi connectivity index (χ2n) is 4.50. The van der Waals surface area contributed by atoms with Crippen LogP contribution in [0, 0.1) is 6.92 Å². The summed E-state index contributed by atoms with van der Waals surface area (Å²) in [5.74, 6) is 1.20. The third kappa shape index (κ3) is 2.83. The van der Waals surface area contributed by atoms with Gasteiger partial charge in [0.05, 0.1) is 16.4 Å². The van der Waals surface area contributed by atoms with Crippen LogP contribution in [0.1, 0.15) is 16.5 Å². The van der Waals surface area contributed by atoms with Crippen molar-refractivity contribution in [3.63, 3.8) is 0 Å². The number of anilines is 1. The van der Waals surface area contributed by atoms with Gasteiger partial charge in [-0.15, -0.1) is 11.3 Å². The summed E-state index contributed by atoms with van der Waals surface area (Å²) in [6.07, 6.45) is 0.686. The third-order valence-corrected chi connectivity index (χ3v) is 3.71. The molecule has 0 spiro atoms. The molecule has 0 radical (unpaired) electrons. The van der Waals surface area contributed by atoms with Gasteiger partial charge >= 0.3 is 0 Å². The van der Waals surface area contributed by atoms with E-state index in [9.17, 15) is 0 Å². The molecule has 1 aromatic carbocycles. The average Bonchev–Trinajstić information content (AvgIpc) is 2.87. The van der Waals surface area contributed by atoms with Gasteiger partial charge in [0, 0.05) is 23.4 Å². The molecule has 2 N–H and O–H groups in total. The van der Waals surface area contributed by atoms with Gasteiger partial charge in [-0.05, 0) is 6.92 Å². The Morgan fingerprint density at radius 1 is 1.10 bits per heavy atom. The van der Waals surface area contributed by atoms with Gasteiger partial charge in [-0.3, -0.25) is 0 Å². The quantitative estimate of drug-likeness (QED) is 0.801. The second kappa shape index (κ2) is 5.38. The van der Waals surface area contributed by atoms with E-state index >= 15 is 0 Å². The lowest BCUT2D eigenvalue weighted by Crippen LogP contribution is -2.00. The molecule has 0 amide bonds. The van der Waals surface area contributed by atoms with Crippen LogP contribution in [-0.4, -0.2) is 15.0 Å². The highest BCUT2D eigenvalue weighted by atomic mass is 32.1. The minimum Gasteiger partial charge on any atom is -0.384 e. The molecule has 0 fully saturated rings. The second-order valence-corrected chi connectivity index (χ2v) is 5.44. The SMILES string of the molecule is Cc1nc(N)cc(Cc2nc(-c3ccccc3)cs2)n1. The molecule has 3 rings (SSSR count). The number of thiazole rings is 1. The van der Waals surface area contributed by atoms with Crippen molar-refractivity contribution in [1.29, 1.82) is 0 Å². The minimum atomic E-state index is 0.507. The average molecular weight is 282 g/mol. The van der Waals surface area contributed by atoms with Crippen molar-refractivity contribution < 1.29 is 0 Å². The first-order valence-electron chi connectivity index (χ1n) is 6.30. The lowest BCUT2D eigenvalue weighted by molar-refractivity contribution is 0.968. The molecule has 0 aliphatic rings. The Kier molecular flexibility index (Phi) is 3.43. The highest BCUT2D eigenvalue weighted by Crippen LogP contribution is 2.23. The van der Waals surface area contributed by atoms with Gasteiger partial charge in [0.25, 0.3) is 0 Å². The molecule has 0 saturated heterocycles.